The lowest BCUT2D eigenvalue weighted by atomic mass is 9.78. The van der Waals surface area contributed by atoms with Crippen molar-refractivity contribution in [2.24, 2.45) is 5.92 Å². The Hall–Kier alpha value is -2.58. The summed E-state index contributed by atoms with van der Waals surface area (Å²) in [6.45, 7) is 4.25. The van der Waals surface area contributed by atoms with E-state index in [0.29, 0.717) is 5.92 Å². The number of aromatic nitrogens is 2. The normalized spacial score (nSPS) is 21.6. The molecule has 2 aliphatic rings. The van der Waals surface area contributed by atoms with E-state index in [1.807, 2.05) is 18.3 Å². The molecule has 4 rings (SSSR count). The Morgan fingerprint density at radius 2 is 1.96 bits per heavy atom. The molecule has 0 bridgehead atoms. The van der Waals surface area contributed by atoms with Gasteiger partial charge in [-0.3, -0.25) is 5.10 Å². The fraction of sp³-hybridized carbons (Fsp3) is 0.400. The van der Waals surface area contributed by atoms with Gasteiger partial charge in [0, 0.05) is 23.4 Å². The van der Waals surface area contributed by atoms with Gasteiger partial charge < -0.3 is 10.2 Å². The number of nitrogens with one attached hydrogen (secondary N) is 2. The van der Waals surface area contributed by atoms with Gasteiger partial charge >= 0.3 is 0 Å². The Morgan fingerprint density at radius 3 is 2.68 bits per heavy atom. The SMILES string of the molecule is Cc1ccccc1C1C(C#N)=C(C2CCN(C)CC2)Nc2n[nH]cc21. The van der Waals surface area contributed by atoms with E-state index in [1.165, 1.54) is 11.1 Å². The minimum absolute atomic E-state index is 0.0455. The Labute approximate surface area is 148 Å². The van der Waals surface area contributed by atoms with Gasteiger partial charge in [0.15, 0.2) is 5.82 Å². The van der Waals surface area contributed by atoms with Crippen molar-refractivity contribution >= 4 is 5.82 Å². The second kappa shape index (κ2) is 6.38. The van der Waals surface area contributed by atoms with E-state index in [2.05, 4.69) is 52.6 Å². The number of rotatable bonds is 2. The highest BCUT2D eigenvalue weighted by Crippen LogP contribution is 2.44. The zero-order chi connectivity index (χ0) is 17.4. The van der Waals surface area contributed by atoms with E-state index < -0.39 is 0 Å². The highest BCUT2D eigenvalue weighted by atomic mass is 15.2. The predicted octanol–water partition coefficient (Wildman–Crippen LogP) is 3.40. The zero-order valence-electron chi connectivity index (χ0n) is 14.7. The van der Waals surface area contributed by atoms with E-state index in [-0.39, 0.29) is 5.92 Å². The molecule has 1 unspecified atom stereocenters. The molecule has 128 valence electrons. The standard InChI is InChI=1S/C20H23N5/c1-13-5-3-4-6-15(13)18-16(11-21)19(14-7-9-25(2)10-8-14)23-20-17(18)12-22-24-20/h3-6,12,14,18H,7-10H2,1-2H3,(H2,22,23,24). The maximum Gasteiger partial charge on any atom is 0.156 e. The van der Waals surface area contributed by atoms with Gasteiger partial charge in [-0.05, 0) is 51.0 Å². The van der Waals surface area contributed by atoms with Crippen LogP contribution in [-0.2, 0) is 0 Å². The number of hydrogen-bond donors (Lipinski definition) is 2. The van der Waals surface area contributed by atoms with Crippen LogP contribution in [0, 0.1) is 24.2 Å². The van der Waals surface area contributed by atoms with Crippen LogP contribution in [0.2, 0.25) is 0 Å². The van der Waals surface area contributed by atoms with E-state index in [9.17, 15) is 5.26 Å². The van der Waals surface area contributed by atoms with Crippen molar-refractivity contribution < 1.29 is 0 Å². The first kappa shape index (κ1) is 15.9. The van der Waals surface area contributed by atoms with Gasteiger partial charge in [-0.1, -0.05) is 24.3 Å². The third-order valence-electron chi connectivity index (χ3n) is 5.56. The van der Waals surface area contributed by atoms with E-state index >= 15 is 0 Å². The molecule has 5 heteroatoms. The molecule has 0 spiro atoms. The van der Waals surface area contributed by atoms with Crippen LogP contribution in [0.4, 0.5) is 5.82 Å². The molecule has 2 N–H and O–H groups in total. The van der Waals surface area contributed by atoms with Crippen molar-refractivity contribution in [1.29, 1.82) is 5.26 Å². The first-order chi connectivity index (χ1) is 12.2. The first-order valence-electron chi connectivity index (χ1n) is 8.88. The van der Waals surface area contributed by atoms with E-state index in [0.717, 1.165) is 48.6 Å². The summed E-state index contributed by atoms with van der Waals surface area (Å²) in [5, 5.41) is 20.9. The average Bonchev–Trinajstić information content (AvgIpc) is 3.10. The lowest BCUT2D eigenvalue weighted by Crippen LogP contribution is -2.34. The van der Waals surface area contributed by atoms with Gasteiger partial charge in [-0.25, -0.2) is 0 Å². The fourth-order valence-corrected chi connectivity index (χ4v) is 4.10. The minimum Gasteiger partial charge on any atom is -0.341 e. The van der Waals surface area contributed by atoms with Crippen LogP contribution in [0.25, 0.3) is 0 Å². The zero-order valence-corrected chi connectivity index (χ0v) is 14.7. The number of H-pyrrole nitrogens is 1. The van der Waals surface area contributed by atoms with Crippen molar-refractivity contribution in [3.8, 4) is 6.07 Å². The van der Waals surface area contributed by atoms with E-state index in [1.54, 1.807) is 0 Å². The Bertz CT molecular complexity index is 849. The molecule has 1 aromatic heterocycles. The van der Waals surface area contributed by atoms with E-state index in [4.69, 9.17) is 0 Å². The number of allylic oxidation sites excluding steroid dienone is 2. The van der Waals surface area contributed by atoms with Gasteiger partial charge in [0.2, 0.25) is 0 Å². The predicted molar refractivity (Wildman–Crippen MR) is 98.1 cm³/mol. The summed E-state index contributed by atoms with van der Waals surface area (Å²) < 4.78 is 0. The van der Waals surface area contributed by atoms with Gasteiger partial charge in [0.25, 0.3) is 0 Å². The van der Waals surface area contributed by atoms with Crippen LogP contribution in [0.15, 0.2) is 41.7 Å². The molecule has 0 saturated carbocycles. The third kappa shape index (κ3) is 2.73. The summed E-state index contributed by atoms with van der Waals surface area (Å²) in [6.07, 6.45) is 4.07. The largest absolute Gasteiger partial charge is 0.341 e. The molecule has 1 aromatic carbocycles. The number of fused-ring (bicyclic) bond motifs is 1. The number of anilines is 1. The van der Waals surface area contributed by atoms with Crippen molar-refractivity contribution in [3.05, 3.63) is 58.4 Å². The highest BCUT2D eigenvalue weighted by molar-refractivity contribution is 5.65. The molecule has 0 aliphatic carbocycles. The smallest absolute Gasteiger partial charge is 0.156 e. The van der Waals surface area contributed by atoms with Gasteiger partial charge in [0.05, 0.1) is 17.6 Å². The monoisotopic (exact) mass is 333 g/mol. The topological polar surface area (TPSA) is 67.7 Å². The lowest BCUT2D eigenvalue weighted by Gasteiger charge is -2.35. The summed E-state index contributed by atoms with van der Waals surface area (Å²) >= 11 is 0. The Balaban J connectivity index is 1.83. The van der Waals surface area contributed by atoms with Crippen molar-refractivity contribution in [2.75, 3.05) is 25.5 Å². The quantitative estimate of drug-likeness (QED) is 0.884. The van der Waals surface area contributed by atoms with Gasteiger partial charge in [-0.15, -0.1) is 0 Å². The van der Waals surface area contributed by atoms with Crippen molar-refractivity contribution in [2.45, 2.75) is 25.7 Å². The summed E-state index contributed by atoms with van der Waals surface area (Å²) in [5.41, 5.74) is 5.37. The summed E-state index contributed by atoms with van der Waals surface area (Å²) in [6, 6.07) is 10.9. The van der Waals surface area contributed by atoms with Gasteiger partial charge in [0.1, 0.15) is 0 Å². The van der Waals surface area contributed by atoms with Crippen LogP contribution < -0.4 is 5.32 Å². The summed E-state index contributed by atoms with van der Waals surface area (Å²) in [4.78, 5) is 2.35. The molecule has 0 amide bonds. The number of benzene rings is 1. The minimum atomic E-state index is -0.0455. The molecule has 25 heavy (non-hydrogen) atoms. The lowest BCUT2D eigenvalue weighted by molar-refractivity contribution is 0.238. The van der Waals surface area contributed by atoms with Crippen molar-refractivity contribution in [1.82, 2.24) is 15.1 Å². The second-order valence-electron chi connectivity index (χ2n) is 7.12. The van der Waals surface area contributed by atoms with Crippen molar-refractivity contribution in [3.63, 3.8) is 0 Å². The molecule has 1 fully saturated rings. The fourth-order valence-electron chi connectivity index (χ4n) is 4.10. The molecular weight excluding hydrogens is 310 g/mol. The Morgan fingerprint density at radius 1 is 1.20 bits per heavy atom. The highest BCUT2D eigenvalue weighted by Gasteiger charge is 2.35. The van der Waals surface area contributed by atoms with Gasteiger partial charge in [-0.2, -0.15) is 10.4 Å². The number of piperidine rings is 1. The maximum absolute atomic E-state index is 10.0. The first-order valence-corrected chi connectivity index (χ1v) is 8.88. The summed E-state index contributed by atoms with van der Waals surface area (Å²) in [5.74, 6) is 1.21. The molecule has 5 nitrogen and oxygen atoms in total. The molecule has 1 saturated heterocycles. The number of hydrogen-bond acceptors (Lipinski definition) is 4. The van der Waals surface area contributed by atoms with Crippen LogP contribution in [0.1, 0.15) is 35.4 Å². The molecule has 1 atom stereocenters. The molecule has 0 radical (unpaired) electrons. The maximum atomic E-state index is 10.0. The van der Waals surface area contributed by atoms with Crippen LogP contribution in [-0.4, -0.2) is 35.2 Å². The molecular formula is C20H23N5. The number of nitrogens with zero attached hydrogens (tertiary/aromatic N) is 3. The summed E-state index contributed by atoms with van der Waals surface area (Å²) in [7, 11) is 2.16. The number of nitriles is 1. The van der Waals surface area contributed by atoms with Crippen LogP contribution in [0.3, 0.4) is 0 Å². The average molecular weight is 333 g/mol. The molecule has 2 aliphatic heterocycles. The van der Waals surface area contributed by atoms with Crippen LogP contribution >= 0.6 is 0 Å². The Kier molecular flexibility index (Phi) is 4.06. The molecule has 3 heterocycles. The molecule has 2 aromatic rings. The van der Waals surface area contributed by atoms with Crippen LogP contribution in [0.5, 0.6) is 0 Å². The number of aryl methyl sites for hydroxylation is 1. The number of aromatic amines is 1. The second-order valence-corrected chi connectivity index (χ2v) is 7.12. The number of likely N-dealkylation sites (tertiary alicyclic amines) is 1. The third-order valence-corrected chi connectivity index (χ3v) is 5.56.